The zero-order valence-corrected chi connectivity index (χ0v) is 18.3. The topological polar surface area (TPSA) is 79.3 Å². The Hall–Kier alpha value is -3.13. The fraction of sp³-hybridized carbons (Fsp3) is 0.435. The van der Waals surface area contributed by atoms with Gasteiger partial charge >= 0.3 is 0 Å². The maximum atomic E-state index is 12.0. The Morgan fingerprint density at radius 2 is 2.19 bits per heavy atom. The van der Waals surface area contributed by atoms with Crippen molar-refractivity contribution in [3.8, 4) is 11.1 Å². The van der Waals surface area contributed by atoms with Gasteiger partial charge in [-0.05, 0) is 30.2 Å². The third kappa shape index (κ3) is 3.61. The fourth-order valence-corrected chi connectivity index (χ4v) is 4.69. The van der Waals surface area contributed by atoms with Gasteiger partial charge in [-0.1, -0.05) is 6.07 Å². The Labute approximate surface area is 181 Å². The molecule has 8 nitrogen and oxygen atoms in total. The Morgan fingerprint density at radius 3 is 2.94 bits per heavy atom. The van der Waals surface area contributed by atoms with E-state index in [1.54, 1.807) is 6.92 Å². The van der Waals surface area contributed by atoms with Crippen LogP contribution in [-0.2, 0) is 36.0 Å². The van der Waals surface area contributed by atoms with E-state index in [1.165, 1.54) is 5.56 Å². The number of H-pyrrole nitrogens is 1. The van der Waals surface area contributed by atoms with Gasteiger partial charge in [0.05, 0.1) is 25.4 Å². The van der Waals surface area contributed by atoms with E-state index >= 15 is 0 Å². The molecule has 1 amide bonds. The number of benzene rings is 1. The highest BCUT2D eigenvalue weighted by atomic mass is 16.5. The number of nitrogens with zero attached hydrogens (tertiary/aromatic N) is 5. The van der Waals surface area contributed by atoms with Gasteiger partial charge in [-0.25, -0.2) is 0 Å². The summed E-state index contributed by atoms with van der Waals surface area (Å²) in [5, 5.41) is 12.2. The number of rotatable bonds is 4. The number of fused-ring (bicyclic) bond motifs is 2. The van der Waals surface area contributed by atoms with Crippen molar-refractivity contribution >= 4 is 17.4 Å². The number of aryl methyl sites for hydroxylation is 1. The van der Waals surface area contributed by atoms with Crippen LogP contribution >= 0.6 is 0 Å². The Kier molecular flexibility index (Phi) is 5.02. The molecule has 4 heterocycles. The van der Waals surface area contributed by atoms with Gasteiger partial charge in [0.1, 0.15) is 0 Å². The lowest BCUT2D eigenvalue weighted by Gasteiger charge is -2.36. The van der Waals surface area contributed by atoms with Gasteiger partial charge in [-0.2, -0.15) is 10.2 Å². The van der Waals surface area contributed by atoms with Crippen LogP contribution in [0.5, 0.6) is 0 Å². The molecule has 0 bridgehead atoms. The van der Waals surface area contributed by atoms with Crippen molar-refractivity contribution in [1.29, 1.82) is 0 Å². The molecule has 31 heavy (non-hydrogen) atoms. The van der Waals surface area contributed by atoms with Crippen molar-refractivity contribution in [1.82, 2.24) is 24.9 Å². The summed E-state index contributed by atoms with van der Waals surface area (Å²) < 4.78 is 7.88. The number of hydrogen-bond donors (Lipinski definition) is 1. The lowest BCUT2D eigenvalue weighted by molar-refractivity contribution is -0.129. The highest BCUT2D eigenvalue weighted by Crippen LogP contribution is 2.39. The predicted molar refractivity (Wildman–Crippen MR) is 118 cm³/mol. The van der Waals surface area contributed by atoms with E-state index < -0.39 is 0 Å². The minimum Gasteiger partial charge on any atom is -0.376 e. The van der Waals surface area contributed by atoms with E-state index in [1.807, 2.05) is 35.9 Å². The number of carbonyl (C=O) groups excluding carboxylic acids is 1. The van der Waals surface area contributed by atoms with Gasteiger partial charge in [0, 0.05) is 68.7 Å². The Bertz CT molecular complexity index is 1120. The van der Waals surface area contributed by atoms with Gasteiger partial charge in [0.2, 0.25) is 5.91 Å². The van der Waals surface area contributed by atoms with E-state index in [9.17, 15) is 4.79 Å². The number of amides is 1. The molecule has 0 radical (unpaired) electrons. The van der Waals surface area contributed by atoms with Crippen molar-refractivity contribution in [2.45, 2.75) is 39.3 Å². The molecule has 5 rings (SSSR count). The lowest BCUT2D eigenvalue weighted by Crippen LogP contribution is -2.39. The molecule has 2 aromatic heterocycles. The first kappa shape index (κ1) is 19.8. The molecule has 8 heteroatoms. The molecule has 1 unspecified atom stereocenters. The third-order valence-electron chi connectivity index (χ3n) is 6.26. The van der Waals surface area contributed by atoms with E-state index in [0.29, 0.717) is 13.2 Å². The number of aromatic nitrogens is 4. The summed E-state index contributed by atoms with van der Waals surface area (Å²) in [6, 6.07) is 6.56. The molecule has 0 aliphatic carbocycles. The summed E-state index contributed by atoms with van der Waals surface area (Å²) in [4.78, 5) is 16.1. The smallest absolute Gasteiger partial charge is 0.219 e. The zero-order chi connectivity index (χ0) is 21.5. The van der Waals surface area contributed by atoms with E-state index in [-0.39, 0.29) is 12.0 Å². The van der Waals surface area contributed by atoms with Gasteiger partial charge in [-0.3, -0.25) is 14.6 Å². The lowest BCUT2D eigenvalue weighted by atomic mass is 9.95. The monoisotopic (exact) mass is 420 g/mol. The highest BCUT2D eigenvalue weighted by Gasteiger charge is 2.32. The third-order valence-corrected chi connectivity index (χ3v) is 6.26. The summed E-state index contributed by atoms with van der Waals surface area (Å²) in [5.41, 5.74) is 6.88. The molecule has 1 aromatic carbocycles. The second-order valence-corrected chi connectivity index (χ2v) is 8.33. The van der Waals surface area contributed by atoms with Crippen molar-refractivity contribution in [3.05, 3.63) is 47.4 Å². The molecule has 3 aromatic rings. The Balaban J connectivity index is 1.55. The number of nitrogens with one attached hydrogen (secondary N) is 1. The average Bonchev–Trinajstić information content (AvgIpc) is 3.38. The van der Waals surface area contributed by atoms with Crippen LogP contribution in [0.4, 0.5) is 11.5 Å². The molecule has 162 valence electrons. The summed E-state index contributed by atoms with van der Waals surface area (Å²) in [6.45, 7) is 6.41. The molecule has 0 saturated heterocycles. The number of aromatic amines is 1. The van der Waals surface area contributed by atoms with Crippen molar-refractivity contribution in [3.63, 3.8) is 0 Å². The molecule has 0 spiro atoms. The van der Waals surface area contributed by atoms with Crippen LogP contribution in [0.1, 0.15) is 30.7 Å². The zero-order valence-electron chi connectivity index (χ0n) is 18.3. The fourth-order valence-electron chi connectivity index (χ4n) is 4.69. The predicted octanol–water partition coefficient (Wildman–Crippen LogP) is 2.81. The van der Waals surface area contributed by atoms with Crippen molar-refractivity contribution in [2.24, 2.45) is 7.05 Å². The van der Waals surface area contributed by atoms with Gasteiger partial charge < -0.3 is 14.5 Å². The van der Waals surface area contributed by atoms with Gasteiger partial charge in [-0.15, -0.1) is 0 Å². The van der Waals surface area contributed by atoms with Crippen LogP contribution in [0.2, 0.25) is 0 Å². The SMILES string of the molecule is CCOC1Cc2cc(-c3cnn(C)c3)ccc2N(c2n[nH]c3c2CN(C(C)=O)CC3)C1. The van der Waals surface area contributed by atoms with Crippen LogP contribution in [0.15, 0.2) is 30.6 Å². The minimum atomic E-state index is 0.0847. The largest absolute Gasteiger partial charge is 0.376 e. The average molecular weight is 421 g/mol. The number of ether oxygens (including phenoxy) is 1. The first-order chi connectivity index (χ1) is 15.0. The minimum absolute atomic E-state index is 0.0847. The number of hydrogen-bond acceptors (Lipinski definition) is 5. The first-order valence-corrected chi connectivity index (χ1v) is 10.9. The molecule has 0 fully saturated rings. The van der Waals surface area contributed by atoms with E-state index in [0.717, 1.165) is 59.8 Å². The number of carbonyl (C=O) groups is 1. The second-order valence-electron chi connectivity index (χ2n) is 8.33. The van der Waals surface area contributed by atoms with E-state index in [4.69, 9.17) is 4.74 Å². The van der Waals surface area contributed by atoms with Crippen molar-refractivity contribution < 1.29 is 9.53 Å². The first-order valence-electron chi connectivity index (χ1n) is 10.9. The standard InChI is InChI=1S/C23H28N6O2/c1-4-31-19-10-17-9-16(18-11-24-27(3)12-18)5-6-22(17)29(13-19)23-20-14-28(15(2)30)8-7-21(20)25-26-23/h5-6,9,11-12,19H,4,7-8,10,13-14H2,1-3H3,(H,25,26). The molecule has 2 aliphatic rings. The van der Waals surface area contributed by atoms with Gasteiger partial charge in [0.15, 0.2) is 5.82 Å². The molecular formula is C23H28N6O2. The van der Waals surface area contributed by atoms with Crippen LogP contribution in [-0.4, -0.2) is 56.6 Å². The van der Waals surface area contributed by atoms with Crippen LogP contribution in [0.3, 0.4) is 0 Å². The van der Waals surface area contributed by atoms with Crippen LogP contribution in [0, 0.1) is 0 Å². The molecule has 1 atom stereocenters. The Morgan fingerprint density at radius 1 is 1.32 bits per heavy atom. The quantitative estimate of drug-likeness (QED) is 0.702. The summed E-state index contributed by atoms with van der Waals surface area (Å²) in [6.07, 6.45) is 5.67. The molecular weight excluding hydrogens is 392 g/mol. The summed E-state index contributed by atoms with van der Waals surface area (Å²) in [7, 11) is 1.93. The van der Waals surface area contributed by atoms with Crippen LogP contribution < -0.4 is 4.90 Å². The molecule has 0 saturated carbocycles. The maximum Gasteiger partial charge on any atom is 0.219 e. The normalized spacial score (nSPS) is 18.1. The summed E-state index contributed by atoms with van der Waals surface area (Å²) >= 11 is 0. The van der Waals surface area contributed by atoms with Crippen molar-refractivity contribution in [2.75, 3.05) is 24.6 Å². The van der Waals surface area contributed by atoms with Gasteiger partial charge in [0.25, 0.3) is 0 Å². The summed E-state index contributed by atoms with van der Waals surface area (Å²) in [5.74, 6) is 1.01. The molecule has 2 aliphatic heterocycles. The maximum absolute atomic E-state index is 12.0. The highest BCUT2D eigenvalue weighted by molar-refractivity contribution is 5.76. The number of anilines is 2. The second kappa shape index (κ2) is 7.85. The molecule has 1 N–H and O–H groups in total. The van der Waals surface area contributed by atoms with Crippen LogP contribution in [0.25, 0.3) is 11.1 Å². The van der Waals surface area contributed by atoms with E-state index in [2.05, 4.69) is 38.4 Å².